The maximum absolute atomic E-state index is 12.6. The molecular formula is C17H20N4OS. The van der Waals surface area contributed by atoms with Crippen molar-refractivity contribution in [1.82, 2.24) is 14.9 Å². The van der Waals surface area contributed by atoms with Gasteiger partial charge < -0.3 is 9.80 Å². The zero-order valence-electron chi connectivity index (χ0n) is 13.0. The minimum Gasteiger partial charge on any atom is -0.340 e. The molecule has 0 aromatic carbocycles. The predicted molar refractivity (Wildman–Crippen MR) is 90.8 cm³/mol. The van der Waals surface area contributed by atoms with Gasteiger partial charge in [-0.25, -0.2) is 9.97 Å². The van der Waals surface area contributed by atoms with Crippen LogP contribution in [0, 0.1) is 5.41 Å². The molecule has 2 aliphatic heterocycles. The average Bonchev–Trinajstić information content (AvgIpc) is 3.26. The molecule has 1 atom stereocenters. The van der Waals surface area contributed by atoms with Crippen molar-refractivity contribution in [2.75, 3.05) is 31.1 Å². The number of hydrogen-bond acceptors (Lipinski definition) is 5. The van der Waals surface area contributed by atoms with E-state index in [4.69, 9.17) is 0 Å². The van der Waals surface area contributed by atoms with E-state index in [-0.39, 0.29) is 11.3 Å². The third-order valence-corrected chi connectivity index (χ3v) is 5.67. The summed E-state index contributed by atoms with van der Waals surface area (Å²) >= 11 is 1.58. The number of nitrogens with zero attached hydrogens (tertiary/aromatic N) is 4. The second-order valence-corrected chi connectivity index (χ2v) is 7.34. The van der Waals surface area contributed by atoms with Crippen molar-refractivity contribution in [2.24, 2.45) is 5.41 Å². The van der Waals surface area contributed by atoms with Gasteiger partial charge in [0, 0.05) is 49.4 Å². The minimum atomic E-state index is 0.177. The molecule has 1 spiro atoms. The number of likely N-dealkylation sites (tertiary alicyclic amines) is 1. The number of amides is 1. The lowest BCUT2D eigenvalue weighted by Gasteiger charge is -2.40. The summed E-state index contributed by atoms with van der Waals surface area (Å²) in [6.45, 7) is 3.66. The normalized spacial score (nSPS) is 24.3. The van der Waals surface area contributed by atoms with E-state index in [9.17, 15) is 4.79 Å². The maximum atomic E-state index is 12.6. The number of carbonyl (C=O) groups is 1. The molecule has 2 aromatic rings. The van der Waals surface area contributed by atoms with E-state index < -0.39 is 0 Å². The molecule has 0 saturated carbocycles. The van der Waals surface area contributed by atoms with Crippen LogP contribution < -0.4 is 4.90 Å². The topological polar surface area (TPSA) is 49.3 Å². The van der Waals surface area contributed by atoms with Gasteiger partial charge in [0.15, 0.2) is 0 Å². The van der Waals surface area contributed by atoms with Gasteiger partial charge in [-0.1, -0.05) is 0 Å². The smallest absolute Gasteiger partial charge is 0.254 e. The quantitative estimate of drug-likeness (QED) is 0.850. The molecule has 2 fully saturated rings. The summed E-state index contributed by atoms with van der Waals surface area (Å²) in [4.78, 5) is 25.7. The number of piperidine rings is 1. The Morgan fingerprint density at radius 2 is 2.04 bits per heavy atom. The molecule has 4 heterocycles. The molecule has 5 nitrogen and oxygen atoms in total. The molecule has 4 rings (SSSR count). The average molecular weight is 328 g/mol. The zero-order chi connectivity index (χ0) is 15.7. The largest absolute Gasteiger partial charge is 0.340 e. The summed E-state index contributed by atoms with van der Waals surface area (Å²) in [6, 6.07) is 3.77. The molecule has 120 valence electrons. The summed E-state index contributed by atoms with van der Waals surface area (Å²) in [5.74, 6) is 0.991. The van der Waals surface area contributed by atoms with Crippen molar-refractivity contribution in [3.8, 4) is 0 Å². The van der Waals surface area contributed by atoms with Crippen molar-refractivity contribution in [3.63, 3.8) is 0 Å². The first-order valence-corrected chi connectivity index (χ1v) is 9.04. The summed E-state index contributed by atoms with van der Waals surface area (Å²) in [5.41, 5.74) is 1.02. The van der Waals surface area contributed by atoms with Crippen molar-refractivity contribution in [2.45, 2.75) is 19.3 Å². The van der Waals surface area contributed by atoms with Crippen LogP contribution >= 0.6 is 11.3 Å². The summed E-state index contributed by atoms with van der Waals surface area (Å²) < 4.78 is 0. The molecule has 6 heteroatoms. The first-order chi connectivity index (χ1) is 11.3. The van der Waals surface area contributed by atoms with Gasteiger partial charge in [0.05, 0.1) is 5.56 Å². The first kappa shape index (κ1) is 14.6. The molecule has 0 radical (unpaired) electrons. The number of carbonyl (C=O) groups excluding carboxylic acids is 1. The van der Waals surface area contributed by atoms with E-state index in [2.05, 4.69) is 14.9 Å². The van der Waals surface area contributed by atoms with Crippen molar-refractivity contribution in [1.29, 1.82) is 0 Å². The van der Waals surface area contributed by atoms with Crippen LogP contribution in [0.15, 0.2) is 35.3 Å². The molecule has 2 aromatic heterocycles. The lowest BCUT2D eigenvalue weighted by atomic mass is 9.79. The van der Waals surface area contributed by atoms with Crippen LogP contribution in [0.4, 0.5) is 5.95 Å². The molecule has 0 unspecified atom stereocenters. The fraction of sp³-hybridized carbons (Fsp3) is 0.471. The standard InChI is InChI=1S/C17H20N4OS/c22-15(14-3-10-23-11-14)20-9-5-17(12-20)4-1-8-21(13-17)16-18-6-2-7-19-16/h2-3,6-7,10-11H,1,4-5,8-9,12-13H2/t17-/m0/s1. The highest BCUT2D eigenvalue weighted by Crippen LogP contribution is 2.40. The van der Waals surface area contributed by atoms with Gasteiger partial charge in [0.25, 0.3) is 5.91 Å². The first-order valence-electron chi connectivity index (χ1n) is 8.09. The molecule has 0 bridgehead atoms. The van der Waals surface area contributed by atoms with E-state index in [1.165, 1.54) is 6.42 Å². The van der Waals surface area contributed by atoms with E-state index in [1.807, 2.05) is 27.8 Å². The lowest BCUT2D eigenvalue weighted by Crippen LogP contribution is -2.46. The van der Waals surface area contributed by atoms with Gasteiger partial charge in [0.1, 0.15) is 0 Å². The second kappa shape index (κ2) is 5.92. The number of aromatic nitrogens is 2. The Hall–Kier alpha value is -1.95. The van der Waals surface area contributed by atoms with Crippen LogP contribution in [0.1, 0.15) is 29.6 Å². The Morgan fingerprint density at radius 1 is 1.17 bits per heavy atom. The molecular weight excluding hydrogens is 308 g/mol. The van der Waals surface area contributed by atoms with Gasteiger partial charge in [-0.05, 0) is 36.8 Å². The molecule has 0 N–H and O–H groups in total. The molecule has 0 aliphatic carbocycles. The SMILES string of the molecule is O=C(c1ccsc1)N1CC[C@@]2(CCCN(c3ncccn3)C2)C1. The van der Waals surface area contributed by atoms with Crippen molar-refractivity contribution < 1.29 is 4.79 Å². The van der Waals surface area contributed by atoms with E-state index in [0.29, 0.717) is 0 Å². The third-order valence-electron chi connectivity index (χ3n) is 4.99. The Kier molecular flexibility index (Phi) is 3.77. The Bertz CT molecular complexity index is 675. The van der Waals surface area contributed by atoms with E-state index >= 15 is 0 Å². The van der Waals surface area contributed by atoms with Gasteiger partial charge >= 0.3 is 0 Å². The van der Waals surface area contributed by atoms with Gasteiger partial charge in [-0.2, -0.15) is 11.3 Å². The Morgan fingerprint density at radius 3 is 2.83 bits per heavy atom. The summed E-state index contributed by atoms with van der Waals surface area (Å²) in [6.07, 6.45) is 6.99. The molecule has 1 amide bonds. The third kappa shape index (κ3) is 2.83. The lowest BCUT2D eigenvalue weighted by molar-refractivity contribution is 0.0768. The fourth-order valence-electron chi connectivity index (χ4n) is 3.84. The van der Waals surface area contributed by atoms with Gasteiger partial charge in [-0.15, -0.1) is 0 Å². The molecule has 23 heavy (non-hydrogen) atoms. The number of hydrogen-bond donors (Lipinski definition) is 0. The number of anilines is 1. The Balaban J connectivity index is 1.48. The van der Waals surface area contributed by atoms with E-state index in [0.717, 1.165) is 50.5 Å². The van der Waals surface area contributed by atoms with Crippen LogP contribution in [-0.4, -0.2) is 47.0 Å². The van der Waals surface area contributed by atoms with Crippen LogP contribution in [-0.2, 0) is 0 Å². The van der Waals surface area contributed by atoms with Crippen LogP contribution in [0.25, 0.3) is 0 Å². The zero-order valence-corrected chi connectivity index (χ0v) is 13.8. The maximum Gasteiger partial charge on any atom is 0.254 e. The Labute approximate surface area is 140 Å². The number of rotatable bonds is 2. The predicted octanol–water partition coefficient (Wildman–Crippen LogP) is 2.67. The van der Waals surface area contributed by atoms with Crippen LogP contribution in [0.3, 0.4) is 0 Å². The molecule has 2 saturated heterocycles. The van der Waals surface area contributed by atoms with E-state index in [1.54, 1.807) is 23.7 Å². The fourth-order valence-corrected chi connectivity index (χ4v) is 4.47. The van der Waals surface area contributed by atoms with Crippen LogP contribution in [0.5, 0.6) is 0 Å². The second-order valence-electron chi connectivity index (χ2n) is 6.56. The highest BCUT2D eigenvalue weighted by atomic mass is 32.1. The van der Waals surface area contributed by atoms with Gasteiger partial charge in [0.2, 0.25) is 5.95 Å². The highest BCUT2D eigenvalue weighted by Gasteiger charge is 2.43. The monoisotopic (exact) mass is 328 g/mol. The van der Waals surface area contributed by atoms with Crippen molar-refractivity contribution >= 4 is 23.2 Å². The minimum absolute atomic E-state index is 0.177. The van der Waals surface area contributed by atoms with Crippen LogP contribution in [0.2, 0.25) is 0 Å². The summed E-state index contributed by atoms with van der Waals surface area (Å²) in [7, 11) is 0. The number of thiophene rings is 1. The molecule has 2 aliphatic rings. The van der Waals surface area contributed by atoms with Crippen molar-refractivity contribution in [3.05, 3.63) is 40.8 Å². The summed E-state index contributed by atoms with van der Waals surface area (Å²) in [5, 5.41) is 3.91. The van der Waals surface area contributed by atoms with Gasteiger partial charge in [-0.3, -0.25) is 4.79 Å². The highest BCUT2D eigenvalue weighted by molar-refractivity contribution is 7.08.